The Morgan fingerprint density at radius 3 is 2.68 bits per heavy atom. The van der Waals surface area contributed by atoms with Crippen LogP contribution in [0.4, 0.5) is 0 Å². The summed E-state index contributed by atoms with van der Waals surface area (Å²) in [5.41, 5.74) is -0.902. The fraction of sp³-hybridized carbons (Fsp3) is 0.750. The molecule has 1 saturated carbocycles. The van der Waals surface area contributed by atoms with Gasteiger partial charge in [0.2, 0.25) is 5.89 Å². The summed E-state index contributed by atoms with van der Waals surface area (Å²) in [5.74, 6) is 0.273. The third-order valence-corrected chi connectivity index (χ3v) is 4.14. The molecule has 1 aliphatic carbocycles. The van der Waals surface area contributed by atoms with Crippen LogP contribution in [0.3, 0.4) is 0 Å². The molecule has 0 bridgehead atoms. The van der Waals surface area contributed by atoms with E-state index in [1.165, 1.54) is 11.8 Å². The lowest BCUT2D eigenvalue weighted by Crippen LogP contribution is -2.58. The van der Waals surface area contributed by atoms with Gasteiger partial charge >= 0.3 is 5.97 Å². The Morgan fingerprint density at radius 2 is 2.26 bits per heavy atom. The molecule has 0 saturated heterocycles. The van der Waals surface area contributed by atoms with Gasteiger partial charge in [-0.3, -0.25) is 10.1 Å². The lowest BCUT2D eigenvalue weighted by molar-refractivity contribution is -0.145. The molecule has 2 rings (SSSR count). The predicted molar refractivity (Wildman–Crippen MR) is 71.1 cm³/mol. The van der Waals surface area contributed by atoms with Crippen LogP contribution in [-0.2, 0) is 4.79 Å². The standard InChI is InChI=1S/C12H19N3O3S/c1-7(2)13-12(10(16)17,9-4-5-9)6-19-11-15-14-8(3)18-11/h7,9,13H,4-6H2,1-3H3,(H,16,17). The van der Waals surface area contributed by atoms with Crippen molar-refractivity contribution in [3.05, 3.63) is 5.89 Å². The SMILES string of the molecule is Cc1nnc(SCC(NC(C)C)(C(=O)O)C2CC2)o1. The minimum Gasteiger partial charge on any atom is -0.480 e. The van der Waals surface area contributed by atoms with E-state index < -0.39 is 11.5 Å². The molecule has 1 atom stereocenters. The maximum absolute atomic E-state index is 11.7. The van der Waals surface area contributed by atoms with E-state index in [2.05, 4.69) is 15.5 Å². The zero-order valence-corrected chi connectivity index (χ0v) is 12.2. The summed E-state index contributed by atoms with van der Waals surface area (Å²) in [6.45, 7) is 5.64. The highest BCUT2D eigenvalue weighted by Gasteiger charge is 2.51. The summed E-state index contributed by atoms with van der Waals surface area (Å²) in [5, 5.41) is 20.9. The molecule has 1 aromatic rings. The fourth-order valence-corrected chi connectivity index (χ4v) is 3.25. The van der Waals surface area contributed by atoms with Crippen LogP contribution >= 0.6 is 11.8 Å². The normalized spacial score (nSPS) is 18.5. The number of nitrogens with one attached hydrogen (secondary N) is 1. The number of rotatable bonds is 7. The molecule has 0 radical (unpaired) electrons. The van der Waals surface area contributed by atoms with Crippen molar-refractivity contribution in [2.75, 3.05) is 5.75 Å². The summed E-state index contributed by atoms with van der Waals surface area (Å²) >= 11 is 1.30. The number of carboxylic acid groups (broad SMARTS) is 1. The number of carbonyl (C=O) groups is 1. The Hall–Kier alpha value is -1.08. The lowest BCUT2D eigenvalue weighted by atomic mass is 9.94. The largest absolute Gasteiger partial charge is 0.480 e. The molecule has 0 spiro atoms. The molecule has 6 nitrogen and oxygen atoms in total. The van der Waals surface area contributed by atoms with Crippen molar-refractivity contribution < 1.29 is 14.3 Å². The fourth-order valence-electron chi connectivity index (χ4n) is 2.18. The smallest absolute Gasteiger partial charge is 0.325 e. The van der Waals surface area contributed by atoms with Crippen molar-refractivity contribution in [3.63, 3.8) is 0 Å². The Balaban J connectivity index is 2.10. The zero-order chi connectivity index (χ0) is 14.0. The van der Waals surface area contributed by atoms with Crippen LogP contribution < -0.4 is 5.32 Å². The Labute approximate surface area is 116 Å². The molecule has 0 amide bonds. The minimum atomic E-state index is -0.902. The van der Waals surface area contributed by atoms with Gasteiger partial charge in [-0.25, -0.2) is 0 Å². The highest BCUT2D eigenvalue weighted by molar-refractivity contribution is 7.99. The third-order valence-electron chi connectivity index (χ3n) is 3.13. The van der Waals surface area contributed by atoms with Gasteiger partial charge in [0, 0.05) is 18.7 Å². The molecule has 1 aliphatic rings. The van der Waals surface area contributed by atoms with Crippen molar-refractivity contribution in [1.29, 1.82) is 0 Å². The lowest BCUT2D eigenvalue weighted by Gasteiger charge is -2.32. The van der Waals surface area contributed by atoms with Crippen LogP contribution in [-0.4, -0.2) is 38.6 Å². The number of thioether (sulfide) groups is 1. The van der Waals surface area contributed by atoms with Gasteiger partial charge in [0.1, 0.15) is 5.54 Å². The van der Waals surface area contributed by atoms with Gasteiger partial charge in [-0.15, -0.1) is 10.2 Å². The molecular formula is C12H19N3O3S. The van der Waals surface area contributed by atoms with Gasteiger partial charge in [0.25, 0.3) is 5.22 Å². The molecule has 1 heterocycles. The predicted octanol–water partition coefficient (Wildman–Crippen LogP) is 1.70. The summed E-state index contributed by atoms with van der Waals surface area (Å²) in [4.78, 5) is 11.7. The van der Waals surface area contributed by atoms with Gasteiger partial charge in [0.15, 0.2) is 0 Å². The highest BCUT2D eigenvalue weighted by Crippen LogP contribution is 2.42. The average molecular weight is 285 g/mol. The minimum absolute atomic E-state index is 0.113. The summed E-state index contributed by atoms with van der Waals surface area (Å²) in [7, 11) is 0. The Morgan fingerprint density at radius 1 is 1.58 bits per heavy atom. The number of aromatic nitrogens is 2. The van der Waals surface area contributed by atoms with Crippen molar-refractivity contribution in [1.82, 2.24) is 15.5 Å². The van der Waals surface area contributed by atoms with Crippen LogP contribution in [0.2, 0.25) is 0 Å². The second kappa shape index (κ2) is 5.50. The van der Waals surface area contributed by atoms with Gasteiger partial charge in [-0.2, -0.15) is 0 Å². The van der Waals surface area contributed by atoms with Gasteiger partial charge in [-0.1, -0.05) is 11.8 Å². The number of nitrogens with zero attached hydrogens (tertiary/aromatic N) is 2. The molecule has 0 aliphatic heterocycles. The Kier molecular flexibility index (Phi) is 4.15. The van der Waals surface area contributed by atoms with E-state index in [-0.39, 0.29) is 12.0 Å². The van der Waals surface area contributed by atoms with E-state index in [1.54, 1.807) is 6.92 Å². The quantitative estimate of drug-likeness (QED) is 0.737. The summed E-state index contributed by atoms with van der Waals surface area (Å²) in [6, 6.07) is 0.113. The third kappa shape index (κ3) is 3.27. The van der Waals surface area contributed by atoms with Crippen LogP contribution in [0.15, 0.2) is 9.64 Å². The molecule has 7 heteroatoms. The Bertz CT molecular complexity index is 459. The van der Waals surface area contributed by atoms with E-state index >= 15 is 0 Å². The van der Waals surface area contributed by atoms with E-state index in [4.69, 9.17) is 4.42 Å². The van der Waals surface area contributed by atoms with Gasteiger partial charge in [0.05, 0.1) is 0 Å². The number of aliphatic carboxylic acids is 1. The monoisotopic (exact) mass is 285 g/mol. The zero-order valence-electron chi connectivity index (χ0n) is 11.3. The molecule has 2 N–H and O–H groups in total. The van der Waals surface area contributed by atoms with Crippen molar-refractivity contribution in [2.45, 2.75) is 50.4 Å². The van der Waals surface area contributed by atoms with Crippen LogP contribution in [0.1, 0.15) is 32.6 Å². The second-order valence-electron chi connectivity index (χ2n) is 5.23. The first-order valence-electron chi connectivity index (χ1n) is 6.38. The van der Waals surface area contributed by atoms with Gasteiger partial charge in [-0.05, 0) is 32.6 Å². The average Bonchev–Trinajstić information content (AvgIpc) is 3.08. The second-order valence-corrected chi connectivity index (χ2v) is 6.15. The molecule has 106 valence electrons. The number of aryl methyl sites for hydroxylation is 1. The van der Waals surface area contributed by atoms with E-state index in [9.17, 15) is 9.90 Å². The summed E-state index contributed by atoms with van der Waals surface area (Å²) in [6.07, 6.45) is 1.91. The first-order valence-corrected chi connectivity index (χ1v) is 7.36. The molecule has 0 aromatic carbocycles. The van der Waals surface area contributed by atoms with Crippen molar-refractivity contribution in [3.8, 4) is 0 Å². The number of hydrogen-bond donors (Lipinski definition) is 2. The number of hydrogen-bond acceptors (Lipinski definition) is 6. The van der Waals surface area contributed by atoms with E-state index in [0.29, 0.717) is 16.9 Å². The first kappa shape index (κ1) is 14.3. The maximum atomic E-state index is 11.7. The highest BCUT2D eigenvalue weighted by atomic mass is 32.2. The molecule has 1 aromatic heterocycles. The maximum Gasteiger partial charge on any atom is 0.325 e. The molecule has 1 unspecified atom stereocenters. The van der Waals surface area contributed by atoms with Crippen molar-refractivity contribution in [2.24, 2.45) is 5.92 Å². The summed E-state index contributed by atoms with van der Waals surface area (Å²) < 4.78 is 5.28. The first-order chi connectivity index (χ1) is 8.94. The van der Waals surface area contributed by atoms with Crippen LogP contribution in [0.5, 0.6) is 0 Å². The van der Waals surface area contributed by atoms with E-state index in [0.717, 1.165) is 12.8 Å². The van der Waals surface area contributed by atoms with E-state index in [1.807, 2.05) is 13.8 Å². The van der Waals surface area contributed by atoms with Gasteiger partial charge < -0.3 is 9.52 Å². The molecular weight excluding hydrogens is 266 g/mol. The van der Waals surface area contributed by atoms with Crippen LogP contribution in [0, 0.1) is 12.8 Å². The number of carboxylic acids is 1. The van der Waals surface area contributed by atoms with Crippen molar-refractivity contribution >= 4 is 17.7 Å². The molecule has 19 heavy (non-hydrogen) atoms. The van der Waals surface area contributed by atoms with Crippen LogP contribution in [0.25, 0.3) is 0 Å². The molecule has 1 fully saturated rings. The topological polar surface area (TPSA) is 88.2 Å².